The average Bonchev–Trinajstić information content (AvgIpc) is 3.64. The molecule has 1 atom stereocenters. The number of nitrogens with one attached hydrogen (secondary N) is 2. The first kappa shape index (κ1) is 24.4. The Kier molecular flexibility index (Phi) is 6.32. The SMILES string of the molecule is COc1ccccc1CNC(=O)[C@]1(C)Cn2cnc(C(=O)Nc3ccccc3OC)c2C(=O)N1C1CC1. The van der Waals surface area contributed by atoms with Crippen molar-refractivity contribution in [2.45, 2.75) is 44.4 Å². The van der Waals surface area contributed by atoms with Crippen molar-refractivity contribution in [1.82, 2.24) is 19.8 Å². The van der Waals surface area contributed by atoms with Crippen LogP contribution < -0.4 is 20.1 Å². The van der Waals surface area contributed by atoms with Crippen LogP contribution in [0.4, 0.5) is 5.69 Å². The van der Waals surface area contributed by atoms with Crippen LogP contribution in [0.2, 0.25) is 0 Å². The fourth-order valence-corrected chi connectivity index (χ4v) is 4.87. The number of fused-ring (bicyclic) bond motifs is 1. The highest BCUT2D eigenvalue weighted by molar-refractivity contribution is 6.12. The summed E-state index contributed by atoms with van der Waals surface area (Å²) < 4.78 is 12.3. The smallest absolute Gasteiger partial charge is 0.276 e. The molecule has 2 heterocycles. The summed E-state index contributed by atoms with van der Waals surface area (Å²) in [6.07, 6.45) is 3.05. The van der Waals surface area contributed by atoms with Gasteiger partial charge in [-0.15, -0.1) is 0 Å². The van der Waals surface area contributed by atoms with E-state index in [4.69, 9.17) is 9.47 Å². The highest BCUT2D eigenvalue weighted by Crippen LogP contribution is 2.39. The monoisotopic (exact) mass is 503 g/mol. The van der Waals surface area contributed by atoms with Gasteiger partial charge in [-0.3, -0.25) is 14.4 Å². The molecule has 10 nitrogen and oxygen atoms in total. The molecular formula is C27H29N5O5. The number of amides is 3. The second kappa shape index (κ2) is 9.61. The summed E-state index contributed by atoms with van der Waals surface area (Å²) in [5.41, 5.74) is 0.345. The number of benzene rings is 2. The minimum Gasteiger partial charge on any atom is -0.496 e. The maximum Gasteiger partial charge on any atom is 0.276 e. The Hall–Kier alpha value is -4.34. The molecule has 2 N–H and O–H groups in total. The molecule has 0 radical (unpaired) electrons. The molecule has 3 amide bonds. The van der Waals surface area contributed by atoms with Gasteiger partial charge in [0.05, 0.1) is 32.8 Å². The molecule has 0 spiro atoms. The van der Waals surface area contributed by atoms with Gasteiger partial charge in [0, 0.05) is 18.2 Å². The molecule has 10 heteroatoms. The van der Waals surface area contributed by atoms with Crippen molar-refractivity contribution in [2.24, 2.45) is 0 Å². The van der Waals surface area contributed by atoms with Gasteiger partial charge in [-0.05, 0) is 38.0 Å². The van der Waals surface area contributed by atoms with E-state index in [2.05, 4.69) is 15.6 Å². The van der Waals surface area contributed by atoms with E-state index in [1.807, 2.05) is 24.3 Å². The first-order chi connectivity index (χ1) is 17.9. The number of hydrogen-bond donors (Lipinski definition) is 2. The van der Waals surface area contributed by atoms with Crippen LogP contribution in [-0.2, 0) is 17.9 Å². The number of methoxy groups -OCH3 is 2. The van der Waals surface area contributed by atoms with E-state index in [9.17, 15) is 14.4 Å². The second-order valence-electron chi connectivity index (χ2n) is 9.40. The average molecular weight is 504 g/mol. The van der Waals surface area contributed by atoms with Crippen LogP contribution >= 0.6 is 0 Å². The normalized spacial score (nSPS) is 18.7. The third kappa shape index (κ3) is 4.39. The van der Waals surface area contributed by atoms with Crippen molar-refractivity contribution >= 4 is 23.4 Å². The molecule has 1 aliphatic carbocycles. The lowest BCUT2D eigenvalue weighted by Gasteiger charge is -2.44. The summed E-state index contributed by atoms with van der Waals surface area (Å²) in [5.74, 6) is -0.0144. The number of imidazole rings is 1. The number of carbonyl (C=O) groups is 3. The number of ether oxygens (including phenoxy) is 2. The largest absolute Gasteiger partial charge is 0.496 e. The number of anilines is 1. The van der Waals surface area contributed by atoms with Gasteiger partial charge < -0.3 is 29.6 Å². The fraction of sp³-hybridized carbons (Fsp3) is 0.333. The van der Waals surface area contributed by atoms with Gasteiger partial charge in [0.1, 0.15) is 22.7 Å². The van der Waals surface area contributed by atoms with Crippen LogP contribution in [0.3, 0.4) is 0 Å². The number of rotatable bonds is 8. The molecule has 0 bridgehead atoms. The lowest BCUT2D eigenvalue weighted by Crippen LogP contribution is -2.64. The van der Waals surface area contributed by atoms with Crippen molar-refractivity contribution < 1.29 is 23.9 Å². The summed E-state index contributed by atoms with van der Waals surface area (Å²) in [5, 5.41) is 5.77. The molecular weight excluding hydrogens is 474 g/mol. The van der Waals surface area contributed by atoms with E-state index in [1.54, 1.807) is 47.8 Å². The molecule has 5 rings (SSSR count). The fourth-order valence-electron chi connectivity index (χ4n) is 4.87. The van der Waals surface area contributed by atoms with Crippen LogP contribution in [0.15, 0.2) is 54.9 Å². The Morgan fingerprint density at radius 2 is 1.73 bits per heavy atom. The summed E-state index contributed by atoms with van der Waals surface area (Å²) in [6.45, 7) is 2.20. The van der Waals surface area contributed by atoms with Gasteiger partial charge in [-0.25, -0.2) is 4.98 Å². The predicted octanol–water partition coefficient (Wildman–Crippen LogP) is 2.85. The zero-order valence-corrected chi connectivity index (χ0v) is 21.0. The van der Waals surface area contributed by atoms with Crippen LogP contribution in [0, 0.1) is 0 Å². The molecule has 1 aliphatic heterocycles. The summed E-state index contributed by atoms with van der Waals surface area (Å²) in [4.78, 5) is 46.4. The molecule has 2 aromatic carbocycles. The minimum atomic E-state index is -1.15. The van der Waals surface area contributed by atoms with Gasteiger partial charge in [-0.1, -0.05) is 30.3 Å². The molecule has 0 unspecified atom stereocenters. The Balaban J connectivity index is 1.41. The van der Waals surface area contributed by atoms with E-state index < -0.39 is 11.4 Å². The summed E-state index contributed by atoms with van der Waals surface area (Å²) in [6, 6.07) is 14.4. The topological polar surface area (TPSA) is 115 Å². The molecule has 0 saturated heterocycles. The van der Waals surface area contributed by atoms with E-state index >= 15 is 0 Å². The maximum atomic E-state index is 13.8. The first-order valence-corrected chi connectivity index (χ1v) is 12.1. The summed E-state index contributed by atoms with van der Waals surface area (Å²) in [7, 11) is 3.10. The van der Waals surface area contributed by atoms with Crippen molar-refractivity contribution in [3.8, 4) is 11.5 Å². The van der Waals surface area contributed by atoms with Gasteiger partial charge in [-0.2, -0.15) is 0 Å². The van der Waals surface area contributed by atoms with Crippen molar-refractivity contribution in [3.63, 3.8) is 0 Å². The van der Waals surface area contributed by atoms with Crippen LogP contribution in [0.5, 0.6) is 11.5 Å². The number of para-hydroxylation sites is 3. The molecule has 192 valence electrons. The Labute approximate surface area is 214 Å². The van der Waals surface area contributed by atoms with Crippen molar-refractivity contribution in [3.05, 3.63) is 71.8 Å². The quantitative estimate of drug-likeness (QED) is 0.489. The van der Waals surface area contributed by atoms with E-state index in [0.29, 0.717) is 17.2 Å². The molecule has 1 saturated carbocycles. The zero-order chi connectivity index (χ0) is 26.2. The third-order valence-electron chi connectivity index (χ3n) is 6.87. The highest BCUT2D eigenvalue weighted by atomic mass is 16.5. The summed E-state index contributed by atoms with van der Waals surface area (Å²) >= 11 is 0. The number of aromatic nitrogens is 2. The lowest BCUT2D eigenvalue weighted by atomic mass is 9.93. The molecule has 37 heavy (non-hydrogen) atoms. The number of nitrogens with zero attached hydrogens (tertiary/aromatic N) is 3. The second-order valence-corrected chi connectivity index (χ2v) is 9.40. The van der Waals surface area contributed by atoms with Crippen LogP contribution in [-0.4, -0.2) is 58.0 Å². The Morgan fingerprint density at radius 1 is 1.05 bits per heavy atom. The zero-order valence-electron chi connectivity index (χ0n) is 21.0. The van der Waals surface area contributed by atoms with E-state index in [1.165, 1.54) is 13.4 Å². The van der Waals surface area contributed by atoms with Gasteiger partial charge in [0.15, 0.2) is 5.69 Å². The van der Waals surface area contributed by atoms with Crippen molar-refractivity contribution in [1.29, 1.82) is 0 Å². The number of carbonyl (C=O) groups excluding carboxylic acids is 3. The minimum absolute atomic E-state index is 0.0121. The highest BCUT2D eigenvalue weighted by Gasteiger charge is 2.53. The maximum absolute atomic E-state index is 13.8. The Bertz CT molecular complexity index is 1360. The molecule has 2 aliphatic rings. The lowest BCUT2D eigenvalue weighted by molar-refractivity contribution is -0.133. The standard InChI is InChI=1S/C27H29N5O5/c1-27(26(35)28-14-17-8-4-6-10-20(17)36-2)15-31-16-29-22(23(31)25(34)32(27)18-12-13-18)24(33)30-19-9-5-7-11-21(19)37-3/h4-11,16,18H,12-15H2,1-3H3,(H,28,35)(H,30,33)/t27-/m0/s1. The van der Waals surface area contributed by atoms with Crippen LogP contribution in [0.25, 0.3) is 0 Å². The van der Waals surface area contributed by atoms with Gasteiger partial charge in [0.25, 0.3) is 11.8 Å². The Morgan fingerprint density at radius 3 is 2.43 bits per heavy atom. The van der Waals surface area contributed by atoms with E-state index in [0.717, 1.165) is 18.4 Å². The molecule has 3 aromatic rings. The molecule has 1 fully saturated rings. The first-order valence-electron chi connectivity index (χ1n) is 12.1. The van der Waals surface area contributed by atoms with Crippen molar-refractivity contribution in [2.75, 3.05) is 19.5 Å². The van der Waals surface area contributed by atoms with Crippen LogP contribution in [0.1, 0.15) is 46.3 Å². The third-order valence-corrected chi connectivity index (χ3v) is 6.87. The van der Waals surface area contributed by atoms with Gasteiger partial charge >= 0.3 is 0 Å². The predicted molar refractivity (Wildman–Crippen MR) is 136 cm³/mol. The van der Waals surface area contributed by atoms with E-state index in [-0.39, 0.29) is 42.3 Å². The molecule has 1 aromatic heterocycles. The van der Waals surface area contributed by atoms with Gasteiger partial charge in [0.2, 0.25) is 5.91 Å². The number of hydrogen-bond acceptors (Lipinski definition) is 6.